The van der Waals surface area contributed by atoms with Crippen LogP contribution >= 0.6 is 0 Å². The molecule has 5 nitrogen and oxygen atoms in total. The fraction of sp³-hybridized carbons (Fsp3) is 0.286. The fourth-order valence-corrected chi connectivity index (χ4v) is 4.64. The highest BCUT2D eigenvalue weighted by molar-refractivity contribution is 6.04. The van der Waals surface area contributed by atoms with E-state index in [9.17, 15) is 31.1 Å². The summed E-state index contributed by atoms with van der Waals surface area (Å²) in [5.74, 6) is 5.20. The molecule has 4 aromatic rings. The number of alkyl halides is 6. The zero-order valence-electron chi connectivity index (χ0n) is 25.5. The number of benzene rings is 3. The number of aromatic nitrogens is 2. The highest BCUT2D eigenvalue weighted by Crippen LogP contribution is 2.35. The van der Waals surface area contributed by atoms with Gasteiger partial charge in [-0.25, -0.2) is 0 Å². The Morgan fingerprint density at radius 1 is 0.848 bits per heavy atom. The molecule has 0 saturated heterocycles. The number of rotatable bonds is 9. The largest absolute Gasteiger partial charge is 0.416 e. The average Bonchev–Trinajstić information content (AvgIpc) is 3.02. The minimum atomic E-state index is -4.59. The number of amides is 1. The number of halogens is 6. The van der Waals surface area contributed by atoms with Gasteiger partial charge in [0.2, 0.25) is 0 Å². The first kappa shape index (κ1) is 34.2. The van der Waals surface area contributed by atoms with Gasteiger partial charge in [-0.05, 0) is 92.0 Å². The van der Waals surface area contributed by atoms with Gasteiger partial charge in [-0.3, -0.25) is 9.69 Å². The highest BCUT2D eigenvalue weighted by Gasteiger charge is 2.34. The molecule has 11 heteroatoms. The maximum Gasteiger partial charge on any atom is 0.416 e. The molecule has 4 rings (SSSR count). The fourth-order valence-electron chi connectivity index (χ4n) is 4.64. The van der Waals surface area contributed by atoms with E-state index in [1.807, 2.05) is 18.7 Å². The van der Waals surface area contributed by atoms with Crippen molar-refractivity contribution < 1.29 is 31.1 Å². The lowest BCUT2D eigenvalue weighted by Gasteiger charge is -2.23. The zero-order chi connectivity index (χ0) is 33.5. The van der Waals surface area contributed by atoms with E-state index >= 15 is 0 Å². The Kier molecular flexibility index (Phi) is 10.9. The molecular weight excluding hydrogens is 606 g/mol. The third-order valence-electron chi connectivity index (χ3n) is 7.34. The molecule has 0 fully saturated rings. The third kappa shape index (κ3) is 8.95. The van der Waals surface area contributed by atoms with Gasteiger partial charge in [0.05, 0.1) is 16.8 Å². The first-order valence-electron chi connectivity index (χ1n) is 14.7. The Labute approximate surface area is 263 Å². The van der Waals surface area contributed by atoms with Crippen molar-refractivity contribution in [3.8, 4) is 23.1 Å². The molecule has 3 aromatic carbocycles. The summed E-state index contributed by atoms with van der Waals surface area (Å²) in [6, 6.07) is 16.3. The topological polar surface area (TPSA) is 58.1 Å². The van der Waals surface area contributed by atoms with Crippen LogP contribution in [0.1, 0.15) is 70.6 Å². The third-order valence-corrected chi connectivity index (χ3v) is 7.34. The van der Waals surface area contributed by atoms with Gasteiger partial charge in [0, 0.05) is 28.9 Å². The first-order valence-corrected chi connectivity index (χ1v) is 14.7. The molecule has 1 aromatic heterocycles. The van der Waals surface area contributed by atoms with Crippen LogP contribution in [0.4, 0.5) is 32.0 Å². The second-order valence-electron chi connectivity index (χ2n) is 10.7. The Balaban J connectivity index is 1.49. The lowest BCUT2D eigenvalue weighted by atomic mass is 10.0. The molecule has 0 bridgehead atoms. The normalized spacial score (nSPS) is 11.7. The van der Waals surface area contributed by atoms with Crippen LogP contribution in [-0.2, 0) is 18.9 Å². The second kappa shape index (κ2) is 14.6. The molecule has 0 aliphatic rings. The van der Waals surface area contributed by atoms with E-state index in [4.69, 9.17) is 0 Å². The number of carbonyl (C=O) groups excluding carboxylic acids is 1. The second-order valence-corrected chi connectivity index (χ2v) is 10.7. The zero-order valence-corrected chi connectivity index (χ0v) is 25.5. The number of hydrogen-bond donors (Lipinski definition) is 1. The molecule has 0 spiro atoms. The predicted octanol–water partition coefficient (Wildman–Crippen LogP) is 8.76. The SMILES string of the molecule is CCCCN(CC)Cc1ccc(NC(=O)c2ccc(C)c(C#Cc3ccc(-c4ccc(C(F)(F)F)cc4)nn3)c2)cc1C(F)(F)F. The van der Waals surface area contributed by atoms with Crippen LogP contribution in [0.2, 0.25) is 0 Å². The Hall–Kier alpha value is -4.69. The Bertz CT molecular complexity index is 1720. The van der Waals surface area contributed by atoms with Crippen molar-refractivity contribution >= 4 is 11.6 Å². The van der Waals surface area contributed by atoms with E-state index in [0.29, 0.717) is 35.6 Å². The number of unbranched alkanes of at least 4 members (excludes halogenated alkanes) is 1. The van der Waals surface area contributed by atoms with E-state index in [-0.39, 0.29) is 23.4 Å². The van der Waals surface area contributed by atoms with E-state index in [0.717, 1.165) is 36.6 Å². The molecule has 0 aliphatic heterocycles. The van der Waals surface area contributed by atoms with Gasteiger partial charge in [-0.15, -0.1) is 10.2 Å². The maximum atomic E-state index is 14.0. The average molecular weight is 639 g/mol. The van der Waals surface area contributed by atoms with E-state index in [1.165, 1.54) is 30.3 Å². The summed E-state index contributed by atoms with van der Waals surface area (Å²) in [5, 5.41) is 10.7. The van der Waals surface area contributed by atoms with Crippen LogP contribution in [0, 0.1) is 18.8 Å². The van der Waals surface area contributed by atoms with Crippen LogP contribution < -0.4 is 5.32 Å². The minimum Gasteiger partial charge on any atom is -0.322 e. The van der Waals surface area contributed by atoms with Gasteiger partial charge < -0.3 is 5.32 Å². The summed E-state index contributed by atoms with van der Waals surface area (Å²) >= 11 is 0. The molecule has 0 aliphatic carbocycles. The van der Waals surface area contributed by atoms with Gasteiger partial charge in [0.1, 0.15) is 5.69 Å². The predicted molar refractivity (Wildman–Crippen MR) is 165 cm³/mol. The van der Waals surface area contributed by atoms with Crippen LogP contribution in [-0.4, -0.2) is 34.1 Å². The van der Waals surface area contributed by atoms with Crippen molar-refractivity contribution in [2.45, 2.75) is 52.5 Å². The summed E-state index contributed by atoms with van der Waals surface area (Å²) in [7, 11) is 0. The molecule has 1 heterocycles. The molecule has 1 amide bonds. The molecule has 0 radical (unpaired) electrons. The molecular formula is C35H32F6N4O. The quantitative estimate of drug-likeness (QED) is 0.147. The molecule has 0 saturated carbocycles. The molecule has 0 unspecified atom stereocenters. The van der Waals surface area contributed by atoms with Crippen LogP contribution in [0.3, 0.4) is 0 Å². The number of nitrogens with zero attached hydrogens (tertiary/aromatic N) is 3. The summed E-state index contributed by atoms with van der Waals surface area (Å²) in [5.41, 5.74) is 1.19. The lowest BCUT2D eigenvalue weighted by Crippen LogP contribution is -2.25. The van der Waals surface area contributed by atoms with Gasteiger partial charge in [-0.1, -0.05) is 50.5 Å². The lowest BCUT2D eigenvalue weighted by molar-refractivity contribution is -0.138. The van der Waals surface area contributed by atoms with Crippen molar-refractivity contribution in [2.24, 2.45) is 0 Å². The van der Waals surface area contributed by atoms with Gasteiger partial charge in [0.25, 0.3) is 5.91 Å². The standard InChI is InChI=1S/C35H32F6N4O/c1-4-6-19-45(5-2)22-27-12-16-30(21-31(27)35(39,40)41)42-33(46)26-8-7-23(3)25(20-26)11-15-29-17-18-32(44-43-29)24-9-13-28(14-10-24)34(36,37)38/h7-10,12-14,16-18,20-21H,4-6,19,22H2,1-3H3,(H,42,46). The summed E-state index contributed by atoms with van der Waals surface area (Å²) < 4.78 is 80.5. The molecule has 0 atom stereocenters. The molecule has 46 heavy (non-hydrogen) atoms. The van der Waals surface area contributed by atoms with Gasteiger partial charge in [-0.2, -0.15) is 26.3 Å². The number of anilines is 1. The number of aryl methyl sites for hydroxylation is 1. The smallest absolute Gasteiger partial charge is 0.322 e. The van der Waals surface area contributed by atoms with Crippen molar-refractivity contribution in [2.75, 3.05) is 18.4 Å². The van der Waals surface area contributed by atoms with E-state index < -0.39 is 29.4 Å². The minimum absolute atomic E-state index is 0.0225. The molecule has 1 N–H and O–H groups in total. The van der Waals surface area contributed by atoms with Crippen molar-refractivity contribution in [1.82, 2.24) is 15.1 Å². The number of hydrogen-bond acceptors (Lipinski definition) is 4. The van der Waals surface area contributed by atoms with E-state index in [2.05, 4.69) is 27.4 Å². The maximum absolute atomic E-state index is 14.0. The Morgan fingerprint density at radius 2 is 1.59 bits per heavy atom. The highest BCUT2D eigenvalue weighted by atomic mass is 19.4. The number of nitrogens with one attached hydrogen (secondary N) is 1. The van der Waals surface area contributed by atoms with Crippen molar-refractivity contribution in [3.63, 3.8) is 0 Å². The van der Waals surface area contributed by atoms with Crippen LogP contribution in [0.15, 0.2) is 72.8 Å². The van der Waals surface area contributed by atoms with Crippen molar-refractivity contribution in [1.29, 1.82) is 0 Å². The number of carbonyl (C=O) groups is 1. The van der Waals surface area contributed by atoms with Gasteiger partial charge >= 0.3 is 12.4 Å². The molecule has 240 valence electrons. The summed E-state index contributed by atoms with van der Waals surface area (Å²) in [4.78, 5) is 15.0. The first-order chi connectivity index (χ1) is 21.8. The summed E-state index contributed by atoms with van der Waals surface area (Å²) in [6.07, 6.45) is -7.20. The van der Waals surface area contributed by atoms with E-state index in [1.54, 1.807) is 31.2 Å². The van der Waals surface area contributed by atoms with Gasteiger partial charge in [0.15, 0.2) is 0 Å². The van der Waals surface area contributed by atoms with Crippen LogP contribution in [0.25, 0.3) is 11.3 Å². The Morgan fingerprint density at radius 3 is 2.20 bits per heavy atom. The monoisotopic (exact) mass is 638 g/mol. The van der Waals surface area contributed by atoms with Crippen molar-refractivity contribution in [3.05, 3.63) is 112 Å². The van der Waals surface area contributed by atoms with Crippen LogP contribution in [0.5, 0.6) is 0 Å². The summed E-state index contributed by atoms with van der Waals surface area (Å²) in [6.45, 7) is 7.20.